The summed E-state index contributed by atoms with van der Waals surface area (Å²) < 4.78 is 5.44. The minimum Gasteiger partial charge on any atom is -0.483 e. The Kier molecular flexibility index (Phi) is 1.32. The summed E-state index contributed by atoms with van der Waals surface area (Å²) in [4.78, 5) is 0. The quantitative estimate of drug-likeness (QED) is 0.545. The number of allylic oxidation sites excluding steroid dienone is 1. The lowest BCUT2D eigenvalue weighted by molar-refractivity contribution is 0.126. The van der Waals surface area contributed by atoms with Gasteiger partial charge in [0.1, 0.15) is 0 Å². The van der Waals surface area contributed by atoms with Crippen molar-refractivity contribution in [2.75, 3.05) is 0 Å². The number of ether oxygens (including phenoxy) is 1. The molecule has 0 saturated carbocycles. The van der Waals surface area contributed by atoms with Crippen LogP contribution in [0.1, 0.15) is 12.8 Å². The molecule has 3 rings (SSSR count). The first-order chi connectivity index (χ1) is 5.95. The molecule has 0 amide bonds. The minimum atomic E-state index is 0.266. The van der Waals surface area contributed by atoms with Crippen LogP contribution in [0.25, 0.3) is 0 Å². The van der Waals surface area contributed by atoms with Crippen LogP contribution in [0.2, 0.25) is 0 Å². The molecule has 1 aliphatic carbocycles. The van der Waals surface area contributed by atoms with Crippen LogP contribution < -0.4 is 5.32 Å². The maximum absolute atomic E-state index is 5.44. The number of fused-ring (bicyclic) bond motifs is 3. The molecule has 0 radical (unpaired) electrons. The van der Waals surface area contributed by atoms with Gasteiger partial charge in [-0.3, -0.25) is 5.32 Å². The van der Waals surface area contributed by atoms with Crippen molar-refractivity contribution in [1.82, 2.24) is 5.32 Å². The maximum Gasteiger partial charge on any atom is 0.156 e. The fourth-order valence-electron chi connectivity index (χ4n) is 2.58. The molecule has 2 aliphatic heterocycles. The van der Waals surface area contributed by atoms with Crippen molar-refractivity contribution in [3.8, 4) is 0 Å². The van der Waals surface area contributed by atoms with Crippen LogP contribution in [0, 0.1) is 11.8 Å². The zero-order valence-electron chi connectivity index (χ0n) is 6.94. The van der Waals surface area contributed by atoms with E-state index in [4.69, 9.17) is 4.74 Å². The highest BCUT2D eigenvalue weighted by Crippen LogP contribution is 2.38. The summed E-state index contributed by atoms with van der Waals surface area (Å²) in [6, 6.07) is 0.568. The van der Waals surface area contributed by atoms with Crippen molar-refractivity contribution < 1.29 is 4.74 Å². The van der Waals surface area contributed by atoms with Gasteiger partial charge in [-0.1, -0.05) is 12.2 Å². The predicted molar refractivity (Wildman–Crippen MR) is 46.3 cm³/mol. The minimum absolute atomic E-state index is 0.266. The van der Waals surface area contributed by atoms with Gasteiger partial charge in [-0.05, 0) is 24.8 Å². The molecule has 1 fully saturated rings. The highest BCUT2D eigenvalue weighted by molar-refractivity contribution is 5.14. The monoisotopic (exact) mass is 163 g/mol. The molecule has 2 nitrogen and oxygen atoms in total. The van der Waals surface area contributed by atoms with Gasteiger partial charge >= 0.3 is 0 Å². The van der Waals surface area contributed by atoms with E-state index in [0.717, 1.165) is 5.92 Å². The summed E-state index contributed by atoms with van der Waals surface area (Å²) in [5, 5.41) is 3.48. The molecule has 1 N–H and O–H groups in total. The smallest absolute Gasteiger partial charge is 0.156 e. The Morgan fingerprint density at radius 1 is 1.33 bits per heavy atom. The van der Waals surface area contributed by atoms with Crippen molar-refractivity contribution in [3.63, 3.8) is 0 Å². The second kappa shape index (κ2) is 2.36. The lowest BCUT2D eigenvalue weighted by Crippen LogP contribution is -2.31. The van der Waals surface area contributed by atoms with Gasteiger partial charge in [0.15, 0.2) is 6.23 Å². The Balaban J connectivity index is 1.89. The first-order valence-corrected chi connectivity index (χ1v) is 4.70. The summed E-state index contributed by atoms with van der Waals surface area (Å²) in [5.74, 6) is 1.40. The van der Waals surface area contributed by atoms with E-state index in [1.165, 1.54) is 12.8 Å². The summed E-state index contributed by atoms with van der Waals surface area (Å²) in [5.41, 5.74) is 0. The molecular weight excluding hydrogens is 150 g/mol. The first-order valence-electron chi connectivity index (χ1n) is 4.70. The standard InChI is InChI=1S/C10H13NO/c1-2-4-9-7(3-1)8-5-6-12-10(8)11-9/h2,4-11H,1,3H2. The predicted octanol–water partition coefficient (Wildman–Crippen LogP) is 1.41. The van der Waals surface area contributed by atoms with Crippen molar-refractivity contribution in [3.05, 3.63) is 24.5 Å². The van der Waals surface area contributed by atoms with E-state index in [1.807, 2.05) is 6.26 Å². The van der Waals surface area contributed by atoms with Gasteiger partial charge in [0.05, 0.1) is 6.26 Å². The molecule has 0 aromatic heterocycles. The fraction of sp³-hybridized carbons (Fsp3) is 0.600. The highest BCUT2D eigenvalue weighted by Gasteiger charge is 2.43. The number of rotatable bonds is 0. The van der Waals surface area contributed by atoms with Gasteiger partial charge in [0.25, 0.3) is 0 Å². The molecule has 0 aromatic carbocycles. The molecule has 4 atom stereocenters. The Labute approximate surface area is 72.3 Å². The van der Waals surface area contributed by atoms with E-state index in [9.17, 15) is 0 Å². The largest absolute Gasteiger partial charge is 0.483 e. The zero-order valence-corrected chi connectivity index (χ0v) is 6.94. The van der Waals surface area contributed by atoms with E-state index in [-0.39, 0.29) is 6.23 Å². The normalized spacial score (nSPS) is 48.7. The molecule has 0 spiro atoms. The van der Waals surface area contributed by atoms with Crippen LogP contribution in [0.3, 0.4) is 0 Å². The molecular formula is C10H13NO. The van der Waals surface area contributed by atoms with Crippen LogP contribution in [0.4, 0.5) is 0 Å². The van der Waals surface area contributed by atoms with Gasteiger partial charge in [0, 0.05) is 12.0 Å². The Morgan fingerprint density at radius 3 is 3.33 bits per heavy atom. The number of nitrogens with one attached hydrogen (secondary N) is 1. The van der Waals surface area contributed by atoms with Crippen LogP contribution in [-0.2, 0) is 4.74 Å². The molecule has 1 saturated heterocycles. The van der Waals surface area contributed by atoms with E-state index >= 15 is 0 Å². The van der Waals surface area contributed by atoms with Crippen molar-refractivity contribution in [2.24, 2.45) is 11.8 Å². The lowest BCUT2D eigenvalue weighted by Gasteiger charge is -2.21. The van der Waals surface area contributed by atoms with Crippen LogP contribution in [0.5, 0.6) is 0 Å². The average molecular weight is 163 g/mol. The molecule has 2 heterocycles. The van der Waals surface area contributed by atoms with E-state index in [1.54, 1.807) is 0 Å². The second-order valence-corrected chi connectivity index (χ2v) is 3.82. The summed E-state index contributed by atoms with van der Waals surface area (Å²) in [7, 11) is 0. The maximum atomic E-state index is 5.44. The van der Waals surface area contributed by atoms with Crippen molar-refractivity contribution >= 4 is 0 Å². The van der Waals surface area contributed by atoms with E-state index in [2.05, 4.69) is 23.5 Å². The lowest BCUT2D eigenvalue weighted by atomic mass is 9.83. The third-order valence-electron chi connectivity index (χ3n) is 3.20. The molecule has 12 heavy (non-hydrogen) atoms. The van der Waals surface area contributed by atoms with Gasteiger partial charge in [-0.2, -0.15) is 0 Å². The second-order valence-electron chi connectivity index (χ2n) is 3.82. The van der Waals surface area contributed by atoms with Gasteiger partial charge in [-0.15, -0.1) is 0 Å². The Hall–Kier alpha value is -0.760. The van der Waals surface area contributed by atoms with E-state index < -0.39 is 0 Å². The number of hydrogen-bond donors (Lipinski definition) is 1. The van der Waals surface area contributed by atoms with Crippen LogP contribution in [-0.4, -0.2) is 12.3 Å². The summed E-state index contributed by atoms with van der Waals surface area (Å²) in [6.45, 7) is 0. The van der Waals surface area contributed by atoms with Gasteiger partial charge < -0.3 is 4.74 Å². The van der Waals surface area contributed by atoms with Gasteiger partial charge in [0.2, 0.25) is 0 Å². The third kappa shape index (κ3) is 0.787. The van der Waals surface area contributed by atoms with Crippen molar-refractivity contribution in [2.45, 2.75) is 25.1 Å². The third-order valence-corrected chi connectivity index (χ3v) is 3.20. The Bertz CT molecular complexity index is 246. The van der Waals surface area contributed by atoms with Gasteiger partial charge in [-0.25, -0.2) is 0 Å². The molecule has 0 aromatic rings. The van der Waals surface area contributed by atoms with Crippen LogP contribution >= 0.6 is 0 Å². The zero-order chi connectivity index (χ0) is 7.97. The van der Waals surface area contributed by atoms with Crippen molar-refractivity contribution in [1.29, 1.82) is 0 Å². The Morgan fingerprint density at radius 2 is 2.33 bits per heavy atom. The fourth-order valence-corrected chi connectivity index (χ4v) is 2.58. The highest BCUT2D eigenvalue weighted by atomic mass is 16.5. The SMILES string of the molecule is C1=CC2NC3OC=CC3C2CC1. The average Bonchev–Trinajstić information content (AvgIpc) is 2.62. The van der Waals surface area contributed by atoms with Crippen LogP contribution in [0.15, 0.2) is 24.5 Å². The first kappa shape index (κ1) is 6.72. The molecule has 64 valence electrons. The molecule has 4 unspecified atom stereocenters. The summed E-state index contributed by atoms with van der Waals surface area (Å²) in [6.07, 6.45) is 11.4. The number of hydrogen-bond acceptors (Lipinski definition) is 2. The van der Waals surface area contributed by atoms with E-state index in [0.29, 0.717) is 12.0 Å². The molecule has 3 aliphatic rings. The molecule has 2 heteroatoms. The summed E-state index contributed by atoms with van der Waals surface area (Å²) >= 11 is 0. The molecule has 0 bridgehead atoms. The topological polar surface area (TPSA) is 21.3 Å².